The molecule has 0 unspecified atom stereocenters. The summed E-state index contributed by atoms with van der Waals surface area (Å²) < 4.78 is 27.0. The van der Waals surface area contributed by atoms with E-state index in [2.05, 4.69) is 24.0 Å². The van der Waals surface area contributed by atoms with E-state index in [1.165, 1.54) is 6.21 Å². The van der Waals surface area contributed by atoms with Crippen LogP contribution in [-0.2, 0) is 10.0 Å². The fourth-order valence-electron chi connectivity index (χ4n) is 1.33. The molecule has 0 atom stereocenters. The molecule has 0 aromatic heterocycles. The summed E-state index contributed by atoms with van der Waals surface area (Å²) in [4.78, 5) is 0. The maximum absolute atomic E-state index is 11.7. The molecule has 5 heteroatoms. The highest BCUT2D eigenvalue weighted by Crippen LogP contribution is 2.10. The first-order chi connectivity index (χ1) is 8.79. The van der Waals surface area contributed by atoms with Crippen molar-refractivity contribution in [1.82, 2.24) is 0 Å². The second-order valence-electron chi connectivity index (χ2n) is 5.62. The number of sulfonamides is 1. The van der Waals surface area contributed by atoms with Gasteiger partial charge in [0.15, 0.2) is 0 Å². The van der Waals surface area contributed by atoms with Crippen LogP contribution in [0.1, 0.15) is 5.56 Å². The monoisotopic (exact) mass is 295 g/mol. The first-order valence-corrected chi connectivity index (χ1v) is 11.6. The summed E-state index contributed by atoms with van der Waals surface area (Å²) in [6.45, 7) is 6.46. The molecule has 0 amide bonds. The Labute approximate surface area is 117 Å². The summed E-state index contributed by atoms with van der Waals surface area (Å²) in [7, 11) is -4.65. The minimum atomic E-state index is -3.32. The number of nitrogens with zero attached hydrogens (tertiary/aromatic N) is 1. The lowest BCUT2D eigenvalue weighted by Gasteiger charge is -2.13. The predicted molar refractivity (Wildman–Crippen MR) is 85.9 cm³/mol. The zero-order valence-corrected chi connectivity index (χ0v) is 13.5. The quantitative estimate of drug-likeness (QED) is 0.596. The molecule has 0 heterocycles. The van der Waals surface area contributed by atoms with Crippen LogP contribution in [0.5, 0.6) is 0 Å². The molecular formula is C14H21NO2SSi. The van der Waals surface area contributed by atoms with Crippen LogP contribution in [0.3, 0.4) is 0 Å². The fourth-order valence-corrected chi connectivity index (χ4v) is 5.18. The van der Waals surface area contributed by atoms with Crippen molar-refractivity contribution >= 4 is 30.4 Å². The Kier molecular flexibility index (Phi) is 5.69. The molecule has 0 radical (unpaired) electrons. The molecule has 0 aliphatic heterocycles. The van der Waals surface area contributed by atoms with Crippen molar-refractivity contribution in [3.8, 4) is 0 Å². The molecule has 0 bridgehead atoms. The molecule has 0 spiro atoms. The number of hydrogen-bond acceptors (Lipinski definition) is 2. The van der Waals surface area contributed by atoms with Crippen LogP contribution in [0.25, 0.3) is 6.08 Å². The number of hydrogen-bond donors (Lipinski definition) is 0. The van der Waals surface area contributed by atoms with E-state index in [0.717, 1.165) is 11.6 Å². The highest BCUT2D eigenvalue weighted by molar-refractivity contribution is 7.90. The van der Waals surface area contributed by atoms with Gasteiger partial charge in [-0.2, -0.15) is 4.40 Å². The summed E-state index contributed by atoms with van der Waals surface area (Å²) >= 11 is 0. The molecule has 0 N–H and O–H groups in total. The molecule has 1 aromatic rings. The van der Waals surface area contributed by atoms with E-state index in [0.29, 0.717) is 0 Å². The van der Waals surface area contributed by atoms with Crippen molar-refractivity contribution < 1.29 is 8.42 Å². The lowest BCUT2D eigenvalue weighted by Crippen LogP contribution is -2.23. The average molecular weight is 295 g/mol. The van der Waals surface area contributed by atoms with E-state index in [9.17, 15) is 8.42 Å². The summed E-state index contributed by atoms with van der Waals surface area (Å²) in [5.41, 5.74) is 1.02. The van der Waals surface area contributed by atoms with Crippen LogP contribution < -0.4 is 0 Å². The van der Waals surface area contributed by atoms with Gasteiger partial charge in [-0.05, 0) is 17.7 Å². The molecule has 1 aromatic carbocycles. The Morgan fingerprint density at radius 3 is 2.37 bits per heavy atom. The SMILES string of the molecule is C[Si](C)(C)CCS(=O)(=O)/N=C/C=C/c1ccccc1. The van der Waals surface area contributed by atoms with Crippen molar-refractivity contribution in [2.45, 2.75) is 25.7 Å². The zero-order chi connectivity index (χ0) is 14.4. The molecule has 3 nitrogen and oxygen atoms in total. The lowest BCUT2D eigenvalue weighted by molar-refractivity contribution is 0.599. The van der Waals surface area contributed by atoms with Gasteiger partial charge in [0, 0.05) is 14.3 Å². The van der Waals surface area contributed by atoms with Gasteiger partial charge in [0.25, 0.3) is 10.0 Å². The van der Waals surface area contributed by atoms with E-state index in [-0.39, 0.29) is 5.75 Å². The van der Waals surface area contributed by atoms with Crippen LogP contribution in [0.15, 0.2) is 40.8 Å². The smallest absolute Gasteiger partial charge is 0.205 e. The Balaban J connectivity index is 2.54. The van der Waals surface area contributed by atoms with Gasteiger partial charge in [-0.25, -0.2) is 8.42 Å². The zero-order valence-electron chi connectivity index (χ0n) is 11.7. The van der Waals surface area contributed by atoms with Gasteiger partial charge in [-0.3, -0.25) is 0 Å². The fraction of sp³-hybridized carbons (Fsp3) is 0.357. The maximum atomic E-state index is 11.7. The highest BCUT2D eigenvalue weighted by Gasteiger charge is 2.17. The first-order valence-electron chi connectivity index (χ1n) is 6.28. The van der Waals surface area contributed by atoms with E-state index >= 15 is 0 Å². The minimum Gasteiger partial charge on any atom is -0.205 e. The van der Waals surface area contributed by atoms with E-state index in [4.69, 9.17) is 0 Å². The van der Waals surface area contributed by atoms with Gasteiger partial charge in [0.2, 0.25) is 0 Å². The van der Waals surface area contributed by atoms with Crippen LogP contribution >= 0.6 is 0 Å². The third-order valence-corrected chi connectivity index (χ3v) is 5.78. The molecule has 1 rings (SSSR count). The average Bonchev–Trinajstić information content (AvgIpc) is 2.33. The molecular weight excluding hydrogens is 274 g/mol. The van der Waals surface area contributed by atoms with Crippen LogP contribution in [0.2, 0.25) is 25.7 Å². The van der Waals surface area contributed by atoms with E-state index < -0.39 is 18.1 Å². The summed E-state index contributed by atoms with van der Waals surface area (Å²) in [5.74, 6) is 0.151. The van der Waals surface area contributed by atoms with Gasteiger partial charge in [-0.15, -0.1) is 0 Å². The van der Waals surface area contributed by atoms with Gasteiger partial charge in [0.05, 0.1) is 5.75 Å². The summed E-state index contributed by atoms with van der Waals surface area (Å²) in [6.07, 6.45) is 4.84. The normalized spacial score (nSPS) is 13.4. The number of rotatable bonds is 6. The largest absolute Gasteiger partial charge is 0.252 e. The molecule has 0 fully saturated rings. The standard InChI is InChI=1S/C14H21NO2SSi/c1-19(2,3)13-12-18(16,17)15-11-7-10-14-8-5-4-6-9-14/h4-11H,12-13H2,1-3H3/b10-7+,15-11+. The lowest BCUT2D eigenvalue weighted by atomic mass is 10.2. The van der Waals surface area contributed by atoms with Gasteiger partial charge in [-0.1, -0.05) is 56.0 Å². The molecule has 104 valence electrons. The van der Waals surface area contributed by atoms with E-state index in [1.807, 2.05) is 36.4 Å². The third kappa shape index (κ3) is 7.74. The van der Waals surface area contributed by atoms with Gasteiger partial charge >= 0.3 is 0 Å². The molecule has 0 aliphatic rings. The third-order valence-electron chi connectivity index (χ3n) is 2.51. The second-order valence-corrected chi connectivity index (χ2v) is 13.0. The molecule has 0 aliphatic carbocycles. The summed E-state index contributed by atoms with van der Waals surface area (Å²) in [5, 5.41) is 0. The maximum Gasteiger partial charge on any atom is 0.252 e. The summed E-state index contributed by atoms with van der Waals surface area (Å²) in [6, 6.07) is 10.4. The minimum absolute atomic E-state index is 0.151. The van der Waals surface area contributed by atoms with Gasteiger partial charge < -0.3 is 0 Å². The Morgan fingerprint density at radius 2 is 1.79 bits per heavy atom. The van der Waals surface area contributed by atoms with E-state index in [1.54, 1.807) is 6.08 Å². The predicted octanol–water partition coefficient (Wildman–Crippen LogP) is 3.44. The molecule has 19 heavy (non-hydrogen) atoms. The Bertz CT molecular complexity index is 543. The van der Waals surface area contributed by atoms with Gasteiger partial charge in [0.1, 0.15) is 0 Å². The second kappa shape index (κ2) is 6.82. The molecule has 0 saturated heterocycles. The van der Waals surface area contributed by atoms with Crippen molar-refractivity contribution in [2.75, 3.05) is 5.75 Å². The van der Waals surface area contributed by atoms with Crippen molar-refractivity contribution in [2.24, 2.45) is 4.40 Å². The van der Waals surface area contributed by atoms with Crippen molar-refractivity contribution in [3.05, 3.63) is 42.0 Å². The number of allylic oxidation sites excluding steroid dienone is 1. The number of benzene rings is 1. The molecule has 0 saturated carbocycles. The first kappa shape index (κ1) is 15.9. The van der Waals surface area contributed by atoms with Crippen molar-refractivity contribution in [3.63, 3.8) is 0 Å². The van der Waals surface area contributed by atoms with Crippen LogP contribution in [-0.4, -0.2) is 28.5 Å². The topological polar surface area (TPSA) is 46.5 Å². The Hall–Kier alpha value is -1.20. The van der Waals surface area contributed by atoms with Crippen LogP contribution in [0, 0.1) is 0 Å². The van der Waals surface area contributed by atoms with Crippen molar-refractivity contribution in [1.29, 1.82) is 0 Å². The Morgan fingerprint density at radius 1 is 1.16 bits per heavy atom. The highest BCUT2D eigenvalue weighted by atomic mass is 32.2. The van der Waals surface area contributed by atoms with Crippen LogP contribution in [0.4, 0.5) is 0 Å².